The van der Waals surface area contributed by atoms with Crippen LogP contribution in [0.5, 0.6) is 0 Å². The SMILES string of the molecule is CCOC(=O)c1cc(C(=O)OCC)cc(C(C)ON(C(c2ccccc2)C(C)C)C(C)(C)C)c1. The van der Waals surface area contributed by atoms with Crippen molar-refractivity contribution in [2.75, 3.05) is 13.2 Å². The lowest BCUT2D eigenvalue weighted by Gasteiger charge is -2.44. The molecule has 0 radical (unpaired) electrons. The number of carbonyl (C=O) groups is 2. The molecule has 6 heteroatoms. The van der Waals surface area contributed by atoms with Crippen molar-refractivity contribution in [1.29, 1.82) is 0 Å². The fourth-order valence-corrected chi connectivity index (χ4v) is 3.86. The molecule has 0 aliphatic heterocycles. The van der Waals surface area contributed by atoms with Crippen LogP contribution in [0.2, 0.25) is 0 Å². The molecule has 2 atom stereocenters. The molecule has 0 saturated heterocycles. The minimum Gasteiger partial charge on any atom is -0.462 e. The van der Waals surface area contributed by atoms with Crippen LogP contribution in [0.15, 0.2) is 48.5 Å². The van der Waals surface area contributed by atoms with Gasteiger partial charge in [0.25, 0.3) is 0 Å². The molecule has 2 aromatic rings. The van der Waals surface area contributed by atoms with Crippen molar-refractivity contribution in [2.45, 2.75) is 73.1 Å². The van der Waals surface area contributed by atoms with Crippen LogP contribution in [-0.4, -0.2) is 35.8 Å². The maximum atomic E-state index is 12.5. The molecule has 2 rings (SSSR count). The largest absolute Gasteiger partial charge is 0.462 e. The Balaban J connectivity index is 2.49. The Labute approximate surface area is 204 Å². The number of esters is 2. The van der Waals surface area contributed by atoms with E-state index in [1.165, 1.54) is 6.07 Å². The van der Waals surface area contributed by atoms with Gasteiger partial charge in [-0.25, -0.2) is 9.59 Å². The van der Waals surface area contributed by atoms with E-state index in [1.54, 1.807) is 26.0 Å². The van der Waals surface area contributed by atoms with E-state index in [2.05, 4.69) is 46.8 Å². The van der Waals surface area contributed by atoms with Gasteiger partial charge in [-0.05, 0) is 76.8 Å². The molecule has 0 N–H and O–H groups in total. The minimum atomic E-state index is -0.487. The van der Waals surface area contributed by atoms with Crippen molar-refractivity contribution in [3.05, 3.63) is 70.8 Å². The maximum absolute atomic E-state index is 12.5. The van der Waals surface area contributed by atoms with Gasteiger partial charge in [-0.3, -0.25) is 4.84 Å². The summed E-state index contributed by atoms with van der Waals surface area (Å²) in [6, 6.07) is 15.2. The Bertz CT molecular complexity index is 913. The molecule has 0 aliphatic carbocycles. The van der Waals surface area contributed by atoms with Crippen molar-refractivity contribution in [3.63, 3.8) is 0 Å². The fraction of sp³-hybridized carbons (Fsp3) is 0.500. The quantitative estimate of drug-likeness (QED) is 0.291. The van der Waals surface area contributed by atoms with Crippen molar-refractivity contribution in [2.24, 2.45) is 5.92 Å². The Kier molecular flexibility index (Phi) is 9.83. The van der Waals surface area contributed by atoms with Gasteiger partial charge >= 0.3 is 11.9 Å². The summed E-state index contributed by atoms with van der Waals surface area (Å²) >= 11 is 0. The zero-order chi connectivity index (χ0) is 25.5. The lowest BCUT2D eigenvalue weighted by Crippen LogP contribution is -2.46. The van der Waals surface area contributed by atoms with E-state index in [0.717, 1.165) is 5.56 Å². The molecule has 0 saturated carbocycles. The van der Waals surface area contributed by atoms with Crippen LogP contribution in [0.25, 0.3) is 0 Å². The second-order valence-electron chi connectivity index (χ2n) is 9.63. The highest BCUT2D eigenvalue weighted by Gasteiger charge is 2.35. The van der Waals surface area contributed by atoms with Crippen LogP contribution < -0.4 is 0 Å². The number of carbonyl (C=O) groups excluding carboxylic acids is 2. The first-order chi connectivity index (χ1) is 16.0. The van der Waals surface area contributed by atoms with Gasteiger partial charge < -0.3 is 9.47 Å². The molecule has 0 spiro atoms. The number of hydrogen-bond donors (Lipinski definition) is 0. The van der Waals surface area contributed by atoms with Crippen LogP contribution in [0.4, 0.5) is 0 Å². The van der Waals surface area contributed by atoms with Gasteiger partial charge in [0, 0.05) is 5.54 Å². The summed E-state index contributed by atoms with van der Waals surface area (Å²) in [7, 11) is 0. The number of ether oxygens (including phenoxy) is 2. The Morgan fingerprint density at radius 2 is 1.32 bits per heavy atom. The summed E-state index contributed by atoms with van der Waals surface area (Å²) in [5.74, 6) is -0.701. The van der Waals surface area contributed by atoms with Gasteiger partial charge in [0.15, 0.2) is 0 Å². The number of hydrogen-bond acceptors (Lipinski definition) is 6. The predicted molar refractivity (Wildman–Crippen MR) is 133 cm³/mol. The summed E-state index contributed by atoms with van der Waals surface area (Å²) in [6.07, 6.45) is -0.438. The molecule has 0 bridgehead atoms. The Morgan fingerprint density at radius 3 is 1.74 bits per heavy atom. The van der Waals surface area contributed by atoms with Crippen LogP contribution in [0, 0.1) is 5.92 Å². The molecule has 186 valence electrons. The van der Waals surface area contributed by atoms with Gasteiger partial charge in [-0.1, -0.05) is 44.2 Å². The van der Waals surface area contributed by atoms with Crippen molar-refractivity contribution < 1.29 is 23.9 Å². The number of benzene rings is 2. The first-order valence-corrected chi connectivity index (χ1v) is 12.0. The monoisotopic (exact) mass is 469 g/mol. The zero-order valence-electron chi connectivity index (χ0n) is 21.8. The molecule has 34 heavy (non-hydrogen) atoms. The summed E-state index contributed by atoms with van der Waals surface area (Å²) in [4.78, 5) is 31.6. The smallest absolute Gasteiger partial charge is 0.338 e. The third kappa shape index (κ3) is 7.15. The molecule has 0 fully saturated rings. The topological polar surface area (TPSA) is 65.1 Å². The lowest BCUT2D eigenvalue weighted by atomic mass is 9.92. The normalized spacial score (nSPS) is 13.6. The highest BCUT2D eigenvalue weighted by atomic mass is 16.7. The minimum absolute atomic E-state index is 0.00131. The zero-order valence-corrected chi connectivity index (χ0v) is 21.8. The summed E-state index contributed by atoms with van der Waals surface area (Å²) in [5.41, 5.74) is 2.12. The van der Waals surface area contributed by atoms with E-state index in [1.807, 2.05) is 30.2 Å². The van der Waals surface area contributed by atoms with Crippen LogP contribution >= 0.6 is 0 Å². The Hall–Kier alpha value is -2.70. The third-order valence-electron chi connectivity index (χ3n) is 5.41. The van der Waals surface area contributed by atoms with E-state index in [0.29, 0.717) is 16.7 Å². The van der Waals surface area contributed by atoms with Gasteiger partial charge in [-0.15, -0.1) is 0 Å². The van der Waals surface area contributed by atoms with Gasteiger partial charge in [-0.2, -0.15) is 5.06 Å². The van der Waals surface area contributed by atoms with Crippen molar-refractivity contribution in [3.8, 4) is 0 Å². The second kappa shape index (κ2) is 12.1. The predicted octanol–water partition coefficient (Wildman–Crippen LogP) is 6.53. The summed E-state index contributed by atoms with van der Waals surface area (Å²) in [5, 5.41) is 2.03. The molecule has 0 aliphatic rings. The number of rotatable bonds is 10. The van der Waals surface area contributed by atoms with Gasteiger partial charge in [0.2, 0.25) is 0 Å². The molecule has 0 amide bonds. The standard InChI is InChI=1S/C28H39NO5/c1-9-32-26(30)23-16-22(17-24(18-23)27(31)33-10-2)20(5)34-29(28(6,7)8)25(19(3)4)21-14-12-11-13-15-21/h11-20,25H,9-10H2,1-8H3. The fourth-order valence-electron chi connectivity index (χ4n) is 3.86. The summed E-state index contributed by atoms with van der Waals surface area (Å²) in [6.45, 7) is 16.6. The molecule has 6 nitrogen and oxygen atoms in total. The van der Waals surface area contributed by atoms with E-state index < -0.39 is 18.0 Å². The maximum Gasteiger partial charge on any atom is 0.338 e. The van der Waals surface area contributed by atoms with Gasteiger partial charge in [0.05, 0.1) is 30.4 Å². The average molecular weight is 470 g/mol. The van der Waals surface area contributed by atoms with Crippen molar-refractivity contribution >= 4 is 11.9 Å². The lowest BCUT2D eigenvalue weighted by molar-refractivity contribution is -0.272. The van der Waals surface area contributed by atoms with Crippen LogP contribution in [-0.2, 0) is 14.3 Å². The number of hydroxylamine groups is 2. The van der Waals surface area contributed by atoms with Crippen LogP contribution in [0.3, 0.4) is 0 Å². The first kappa shape index (κ1) is 27.5. The van der Waals surface area contributed by atoms with Crippen LogP contribution in [0.1, 0.15) is 99.4 Å². The number of nitrogens with zero attached hydrogens (tertiary/aromatic N) is 1. The van der Waals surface area contributed by atoms with E-state index in [9.17, 15) is 9.59 Å². The molecule has 2 unspecified atom stereocenters. The van der Waals surface area contributed by atoms with E-state index in [4.69, 9.17) is 14.3 Å². The average Bonchev–Trinajstić information content (AvgIpc) is 2.78. The van der Waals surface area contributed by atoms with Gasteiger partial charge in [0.1, 0.15) is 6.10 Å². The van der Waals surface area contributed by atoms with E-state index >= 15 is 0 Å². The van der Waals surface area contributed by atoms with Crippen molar-refractivity contribution in [1.82, 2.24) is 5.06 Å². The highest BCUT2D eigenvalue weighted by molar-refractivity contribution is 5.95. The third-order valence-corrected chi connectivity index (χ3v) is 5.41. The molecular weight excluding hydrogens is 430 g/mol. The molecular formula is C28H39NO5. The second-order valence-corrected chi connectivity index (χ2v) is 9.63. The Morgan fingerprint density at radius 1 is 0.824 bits per heavy atom. The molecule has 0 heterocycles. The summed E-state index contributed by atoms with van der Waals surface area (Å²) < 4.78 is 10.4. The molecule has 0 aromatic heterocycles. The molecule has 2 aromatic carbocycles. The highest BCUT2D eigenvalue weighted by Crippen LogP contribution is 2.37. The van der Waals surface area contributed by atoms with E-state index in [-0.39, 0.29) is 30.7 Å². The first-order valence-electron chi connectivity index (χ1n) is 12.0.